The van der Waals surface area contributed by atoms with Crippen LogP contribution in [0.3, 0.4) is 0 Å². The van der Waals surface area contributed by atoms with Crippen molar-refractivity contribution in [1.29, 1.82) is 10.5 Å². The first-order valence-electron chi connectivity index (χ1n) is 18.4. The molecule has 0 saturated heterocycles. The molecule has 0 atom stereocenters. The second-order valence-corrected chi connectivity index (χ2v) is 15.5. The number of hydrogen-bond donors (Lipinski definition) is 0. The molecule has 0 amide bonds. The lowest BCUT2D eigenvalue weighted by atomic mass is 9.67. The largest absolute Gasteiger partial charge is 0.309 e. The zero-order chi connectivity index (χ0) is 37.1. The Morgan fingerprint density at radius 2 is 0.911 bits per heavy atom. The average Bonchev–Trinajstić information content (AvgIpc) is 3.87. The maximum atomic E-state index is 9.81. The summed E-state index contributed by atoms with van der Waals surface area (Å²) >= 11 is 1.80. The number of nitriles is 2. The number of para-hydroxylation sites is 2. The van der Waals surface area contributed by atoms with Crippen molar-refractivity contribution in [2.24, 2.45) is 0 Å². The lowest BCUT2D eigenvalue weighted by Crippen LogP contribution is -2.32. The van der Waals surface area contributed by atoms with Gasteiger partial charge in [0.15, 0.2) is 0 Å². The van der Waals surface area contributed by atoms with Gasteiger partial charge in [-0.15, -0.1) is 0 Å². The highest BCUT2D eigenvalue weighted by atomic mass is 32.2. The SMILES string of the molecule is N#Cc1ccc2c(c1)c1cc(C#N)ccc1n2-c1ccc2c(c1)Sc1cc(-n3c4ccccc4c4ccccc43)ccc1C21c2cccnc2-c2ncccc21. The van der Waals surface area contributed by atoms with Crippen molar-refractivity contribution in [3.05, 3.63) is 191 Å². The van der Waals surface area contributed by atoms with Gasteiger partial charge < -0.3 is 9.13 Å². The van der Waals surface area contributed by atoms with Crippen LogP contribution < -0.4 is 0 Å². The van der Waals surface area contributed by atoms with Crippen LogP contribution in [0.4, 0.5) is 0 Å². The lowest BCUT2D eigenvalue weighted by Gasteiger charge is -2.39. The van der Waals surface area contributed by atoms with E-state index >= 15 is 0 Å². The smallest absolute Gasteiger partial charge is 0.0991 e. The number of nitrogens with zero attached hydrogens (tertiary/aromatic N) is 6. The van der Waals surface area contributed by atoms with Crippen molar-refractivity contribution >= 4 is 55.4 Å². The van der Waals surface area contributed by atoms with E-state index in [2.05, 4.69) is 118 Å². The van der Waals surface area contributed by atoms with Crippen LogP contribution in [0.5, 0.6) is 0 Å². The van der Waals surface area contributed by atoms with Crippen LogP contribution in [-0.2, 0) is 5.41 Å². The zero-order valence-electron chi connectivity index (χ0n) is 29.6. The van der Waals surface area contributed by atoms with Crippen molar-refractivity contribution in [3.63, 3.8) is 0 Å². The Labute approximate surface area is 325 Å². The maximum absolute atomic E-state index is 9.81. The highest BCUT2D eigenvalue weighted by Gasteiger charge is 2.51. The highest BCUT2D eigenvalue weighted by Crippen LogP contribution is 2.61. The molecule has 7 heteroatoms. The highest BCUT2D eigenvalue weighted by molar-refractivity contribution is 7.99. The van der Waals surface area contributed by atoms with Gasteiger partial charge in [0.2, 0.25) is 0 Å². The molecule has 258 valence electrons. The minimum atomic E-state index is -0.648. The number of aromatic nitrogens is 4. The van der Waals surface area contributed by atoms with Crippen molar-refractivity contribution in [2.45, 2.75) is 15.2 Å². The Hall–Kier alpha value is -7.45. The minimum absolute atomic E-state index is 0.582. The predicted octanol–water partition coefficient (Wildman–Crippen LogP) is 11.2. The van der Waals surface area contributed by atoms with Gasteiger partial charge in [0, 0.05) is 55.1 Å². The van der Waals surface area contributed by atoms with Crippen molar-refractivity contribution in [1.82, 2.24) is 19.1 Å². The van der Waals surface area contributed by atoms with E-state index in [-0.39, 0.29) is 0 Å². The summed E-state index contributed by atoms with van der Waals surface area (Å²) in [4.78, 5) is 12.2. The summed E-state index contributed by atoms with van der Waals surface area (Å²) in [6.45, 7) is 0. The lowest BCUT2D eigenvalue weighted by molar-refractivity contribution is 0.718. The van der Waals surface area contributed by atoms with Gasteiger partial charge in [-0.2, -0.15) is 10.5 Å². The number of hydrogen-bond acceptors (Lipinski definition) is 5. The molecule has 1 spiro atoms. The van der Waals surface area contributed by atoms with E-state index in [4.69, 9.17) is 9.97 Å². The van der Waals surface area contributed by atoms with Crippen LogP contribution in [0.15, 0.2) is 168 Å². The predicted molar refractivity (Wildman–Crippen MR) is 222 cm³/mol. The molecule has 6 nitrogen and oxygen atoms in total. The minimum Gasteiger partial charge on any atom is -0.309 e. The van der Waals surface area contributed by atoms with Crippen LogP contribution in [0.2, 0.25) is 0 Å². The van der Waals surface area contributed by atoms with E-state index in [1.807, 2.05) is 60.9 Å². The van der Waals surface area contributed by atoms with E-state index in [9.17, 15) is 10.5 Å². The van der Waals surface area contributed by atoms with Crippen LogP contribution in [-0.4, -0.2) is 19.1 Å². The second kappa shape index (κ2) is 11.3. The Kier molecular flexibility index (Phi) is 6.24. The van der Waals surface area contributed by atoms with Gasteiger partial charge in [0.1, 0.15) is 0 Å². The van der Waals surface area contributed by atoms with Gasteiger partial charge in [-0.05, 0) is 107 Å². The first-order valence-corrected chi connectivity index (χ1v) is 19.2. The van der Waals surface area contributed by atoms with Gasteiger partial charge in [0.25, 0.3) is 0 Å². The van der Waals surface area contributed by atoms with E-state index in [1.54, 1.807) is 11.8 Å². The van der Waals surface area contributed by atoms with Crippen LogP contribution >= 0.6 is 11.8 Å². The number of pyridine rings is 2. The maximum Gasteiger partial charge on any atom is 0.0991 e. The molecule has 0 saturated carbocycles. The summed E-state index contributed by atoms with van der Waals surface area (Å²) in [6.07, 6.45) is 3.73. The summed E-state index contributed by atoms with van der Waals surface area (Å²) in [5, 5.41) is 24.0. The molecular formula is C49H26N6S. The van der Waals surface area contributed by atoms with E-state index in [1.165, 1.54) is 37.8 Å². The van der Waals surface area contributed by atoms with Crippen LogP contribution in [0.25, 0.3) is 66.4 Å². The fraction of sp³-hybridized carbons (Fsp3) is 0.0204. The van der Waals surface area contributed by atoms with Gasteiger partial charge in [-0.1, -0.05) is 72.4 Å². The van der Waals surface area contributed by atoms with E-state index < -0.39 is 5.41 Å². The van der Waals surface area contributed by atoms with Gasteiger partial charge in [-0.3, -0.25) is 9.97 Å². The van der Waals surface area contributed by atoms with Gasteiger partial charge in [0.05, 0.1) is 62.1 Å². The molecule has 0 radical (unpaired) electrons. The monoisotopic (exact) mass is 730 g/mol. The molecule has 0 N–H and O–H groups in total. The molecule has 0 bridgehead atoms. The Morgan fingerprint density at radius 1 is 0.446 bits per heavy atom. The first kappa shape index (κ1) is 31.0. The average molecular weight is 731 g/mol. The molecule has 1 aliphatic carbocycles. The first-order chi connectivity index (χ1) is 27.7. The normalized spacial score (nSPS) is 13.4. The summed E-state index contributed by atoms with van der Waals surface area (Å²) in [5.41, 5.74) is 13.4. The third-order valence-corrected chi connectivity index (χ3v) is 12.8. The molecule has 5 heterocycles. The van der Waals surface area contributed by atoms with Crippen molar-refractivity contribution in [2.75, 3.05) is 0 Å². The number of fused-ring (bicyclic) bond motifs is 15. The fourth-order valence-electron chi connectivity index (χ4n) is 9.51. The summed E-state index contributed by atoms with van der Waals surface area (Å²) < 4.78 is 4.64. The van der Waals surface area contributed by atoms with Crippen molar-refractivity contribution in [3.8, 4) is 34.9 Å². The Balaban J connectivity index is 1.15. The number of benzene rings is 6. The third-order valence-electron chi connectivity index (χ3n) is 11.7. The molecule has 12 rings (SSSR count). The molecule has 6 aromatic carbocycles. The Morgan fingerprint density at radius 3 is 1.39 bits per heavy atom. The molecule has 1 aliphatic heterocycles. The fourth-order valence-corrected chi connectivity index (χ4v) is 10.8. The van der Waals surface area contributed by atoms with Crippen LogP contribution in [0.1, 0.15) is 33.4 Å². The Bertz CT molecular complexity index is 3280. The molecule has 4 aromatic heterocycles. The molecule has 0 fully saturated rings. The quantitative estimate of drug-likeness (QED) is 0.177. The second-order valence-electron chi connectivity index (χ2n) is 14.4. The topological polar surface area (TPSA) is 83.2 Å². The molecule has 0 unspecified atom stereocenters. The third kappa shape index (κ3) is 3.94. The standard InChI is InChI=1S/C49H26N6S/c50-27-29-13-19-43-35(23-29)36-24-30(28-51)14-20-44(36)55(43)32-16-18-38-46(26-32)56-45-25-31(54-41-11-3-1-7-33(41)34-8-2-4-12-42(34)54)15-17-37(45)49(38)39-9-5-21-52-47(39)48-40(49)10-6-22-53-48/h1-26H. The summed E-state index contributed by atoms with van der Waals surface area (Å²) in [6, 6.07) is 55.7. The van der Waals surface area contributed by atoms with Gasteiger partial charge >= 0.3 is 0 Å². The van der Waals surface area contributed by atoms with Gasteiger partial charge in [-0.25, -0.2) is 0 Å². The zero-order valence-corrected chi connectivity index (χ0v) is 30.4. The summed E-state index contributed by atoms with van der Waals surface area (Å²) in [7, 11) is 0. The van der Waals surface area contributed by atoms with Crippen molar-refractivity contribution < 1.29 is 0 Å². The van der Waals surface area contributed by atoms with E-state index in [0.717, 1.165) is 60.6 Å². The van der Waals surface area contributed by atoms with E-state index in [0.29, 0.717) is 11.1 Å². The van der Waals surface area contributed by atoms with Crippen LogP contribution in [0, 0.1) is 22.7 Å². The molecule has 10 aromatic rings. The molecule has 2 aliphatic rings. The number of rotatable bonds is 2. The molecular weight excluding hydrogens is 705 g/mol. The molecule has 56 heavy (non-hydrogen) atoms. The summed E-state index contributed by atoms with van der Waals surface area (Å²) in [5.74, 6) is 0.